The van der Waals surface area contributed by atoms with Crippen molar-refractivity contribution in [3.63, 3.8) is 0 Å². The Morgan fingerprint density at radius 1 is 1.36 bits per heavy atom. The molecule has 0 aliphatic carbocycles. The molecule has 0 fully saturated rings. The van der Waals surface area contributed by atoms with Crippen LogP contribution in [0.25, 0.3) is 0 Å². The maximum absolute atomic E-state index is 8.11. The maximum atomic E-state index is 8.11. The Morgan fingerprint density at radius 2 is 1.91 bits per heavy atom. The van der Waals surface area contributed by atoms with Gasteiger partial charge in [-0.3, -0.25) is 5.26 Å². The van der Waals surface area contributed by atoms with E-state index in [1.165, 1.54) is 6.42 Å². The fraction of sp³-hybridized carbons (Fsp3) is 1.00. The summed E-state index contributed by atoms with van der Waals surface area (Å²) in [6.07, 6.45) is 2.12. The zero-order valence-corrected chi connectivity index (χ0v) is 8.05. The van der Waals surface area contributed by atoms with Gasteiger partial charge < -0.3 is 0 Å². The van der Waals surface area contributed by atoms with Crippen LogP contribution in [0.4, 0.5) is 0 Å². The minimum absolute atomic E-state index is 0.384. The monoisotopic (exact) mass is 160 g/mol. The van der Waals surface area contributed by atoms with Crippen LogP contribution >= 0.6 is 0 Å². The first-order chi connectivity index (χ1) is 4.95. The number of hydrogen-bond acceptors (Lipinski definition) is 2. The van der Waals surface area contributed by atoms with E-state index in [4.69, 9.17) is 5.26 Å². The normalized spacial score (nSPS) is 15.0. The van der Waals surface area contributed by atoms with E-state index in [2.05, 4.69) is 32.6 Å². The summed E-state index contributed by atoms with van der Waals surface area (Å²) in [5.41, 5.74) is 0.384. The molecule has 68 valence electrons. The van der Waals surface area contributed by atoms with Crippen LogP contribution in [0.15, 0.2) is 0 Å². The van der Waals surface area contributed by atoms with Gasteiger partial charge in [-0.2, -0.15) is 0 Å². The Bertz CT molecular complexity index is 94.2. The summed E-state index contributed by atoms with van der Waals surface area (Å²) in [4.78, 5) is 4.03. The lowest BCUT2D eigenvalue weighted by Gasteiger charge is -2.22. The summed E-state index contributed by atoms with van der Waals surface area (Å²) in [5.74, 6) is 0.627. The number of rotatable bonds is 4. The molecule has 1 atom stereocenters. The third kappa shape index (κ3) is 7.82. The van der Waals surface area contributed by atoms with E-state index >= 15 is 0 Å². The highest BCUT2D eigenvalue weighted by Crippen LogP contribution is 2.25. The van der Waals surface area contributed by atoms with Crippen molar-refractivity contribution >= 4 is 0 Å². The lowest BCUT2D eigenvalue weighted by molar-refractivity contribution is -0.244. The Kier molecular flexibility index (Phi) is 4.69. The second kappa shape index (κ2) is 4.73. The van der Waals surface area contributed by atoms with E-state index in [0.29, 0.717) is 17.9 Å². The largest absolute Gasteiger partial charge is 0.252 e. The van der Waals surface area contributed by atoms with Gasteiger partial charge in [0.15, 0.2) is 0 Å². The van der Waals surface area contributed by atoms with Crippen LogP contribution in [-0.4, -0.2) is 11.9 Å². The number of hydrogen-bond donors (Lipinski definition) is 1. The molecule has 0 radical (unpaired) electrons. The Labute approximate surface area is 69.5 Å². The van der Waals surface area contributed by atoms with Crippen LogP contribution < -0.4 is 0 Å². The van der Waals surface area contributed by atoms with Crippen LogP contribution in [0.2, 0.25) is 0 Å². The molecule has 0 aromatic heterocycles. The van der Waals surface area contributed by atoms with Crippen molar-refractivity contribution in [1.29, 1.82) is 0 Å². The molecule has 0 saturated heterocycles. The molecule has 1 unspecified atom stereocenters. The van der Waals surface area contributed by atoms with Gasteiger partial charge in [0.2, 0.25) is 0 Å². The van der Waals surface area contributed by atoms with Crippen molar-refractivity contribution in [3.8, 4) is 0 Å². The predicted octanol–water partition coefficient (Wildman–Crippen LogP) is 2.94. The summed E-state index contributed by atoms with van der Waals surface area (Å²) in [7, 11) is 0. The Hall–Kier alpha value is -0.0800. The van der Waals surface area contributed by atoms with Crippen molar-refractivity contribution in [3.05, 3.63) is 0 Å². The molecule has 0 aliphatic rings. The highest BCUT2D eigenvalue weighted by atomic mass is 17.1. The van der Waals surface area contributed by atoms with Crippen molar-refractivity contribution < 1.29 is 10.1 Å². The van der Waals surface area contributed by atoms with Gasteiger partial charge in [-0.1, -0.05) is 27.7 Å². The molecular formula is C9H20O2. The van der Waals surface area contributed by atoms with Crippen LogP contribution in [-0.2, 0) is 4.89 Å². The first-order valence-corrected chi connectivity index (χ1v) is 4.22. The molecule has 0 amide bonds. The van der Waals surface area contributed by atoms with Crippen LogP contribution in [0.1, 0.15) is 40.5 Å². The molecular weight excluding hydrogens is 140 g/mol. The second-order valence-electron chi connectivity index (χ2n) is 4.49. The average Bonchev–Trinajstić information content (AvgIpc) is 1.79. The van der Waals surface area contributed by atoms with Gasteiger partial charge in [0.1, 0.15) is 0 Å². The van der Waals surface area contributed by atoms with Crippen LogP contribution in [0.3, 0.4) is 0 Å². The lowest BCUT2D eigenvalue weighted by Crippen LogP contribution is -2.12. The highest BCUT2D eigenvalue weighted by Gasteiger charge is 2.14. The van der Waals surface area contributed by atoms with E-state index < -0.39 is 0 Å². The first kappa shape index (κ1) is 10.9. The molecule has 11 heavy (non-hydrogen) atoms. The average molecular weight is 160 g/mol. The lowest BCUT2D eigenvalue weighted by atomic mass is 9.84. The minimum Gasteiger partial charge on any atom is -0.252 e. The molecule has 0 aromatic carbocycles. The predicted molar refractivity (Wildman–Crippen MR) is 46.4 cm³/mol. The molecule has 0 saturated carbocycles. The van der Waals surface area contributed by atoms with Gasteiger partial charge in [0, 0.05) is 0 Å². The van der Waals surface area contributed by atoms with Crippen molar-refractivity contribution in [1.82, 2.24) is 0 Å². The molecule has 2 heteroatoms. The Morgan fingerprint density at radius 3 is 2.27 bits per heavy atom. The third-order valence-electron chi connectivity index (χ3n) is 1.66. The van der Waals surface area contributed by atoms with Crippen molar-refractivity contribution in [2.45, 2.75) is 40.5 Å². The first-order valence-electron chi connectivity index (χ1n) is 4.22. The molecule has 0 heterocycles. The smallest absolute Gasteiger partial charge is 0.0822 e. The van der Waals surface area contributed by atoms with Crippen molar-refractivity contribution in [2.24, 2.45) is 11.3 Å². The van der Waals surface area contributed by atoms with Crippen LogP contribution in [0.5, 0.6) is 0 Å². The van der Waals surface area contributed by atoms with E-state index in [-0.39, 0.29) is 0 Å². The summed E-state index contributed by atoms with van der Waals surface area (Å²) >= 11 is 0. The molecule has 0 rings (SSSR count). The SMILES string of the molecule is CC(CCOO)CC(C)(C)C. The second-order valence-corrected chi connectivity index (χ2v) is 4.49. The zero-order valence-electron chi connectivity index (χ0n) is 8.05. The third-order valence-corrected chi connectivity index (χ3v) is 1.66. The summed E-state index contributed by atoms with van der Waals surface area (Å²) < 4.78 is 0. The maximum Gasteiger partial charge on any atom is 0.0822 e. The quantitative estimate of drug-likeness (QED) is 0.506. The molecule has 1 N–H and O–H groups in total. The van der Waals surface area contributed by atoms with E-state index in [9.17, 15) is 0 Å². The van der Waals surface area contributed by atoms with E-state index in [1.807, 2.05) is 0 Å². The zero-order chi connectivity index (χ0) is 8.91. The fourth-order valence-corrected chi connectivity index (χ4v) is 1.40. The summed E-state index contributed by atoms with van der Waals surface area (Å²) in [6, 6.07) is 0. The molecule has 2 nitrogen and oxygen atoms in total. The molecule has 0 spiro atoms. The molecule has 0 bridgehead atoms. The van der Waals surface area contributed by atoms with Gasteiger partial charge in [-0.15, -0.1) is 0 Å². The standard InChI is InChI=1S/C9H20O2/c1-8(5-6-11-10)7-9(2,3)4/h8,10H,5-7H2,1-4H3. The minimum atomic E-state index is 0.384. The summed E-state index contributed by atoms with van der Waals surface area (Å²) in [5, 5.41) is 8.11. The van der Waals surface area contributed by atoms with Gasteiger partial charge in [-0.25, -0.2) is 4.89 Å². The molecule has 0 aromatic rings. The van der Waals surface area contributed by atoms with Gasteiger partial charge in [0.05, 0.1) is 6.61 Å². The Balaban J connectivity index is 3.44. The van der Waals surface area contributed by atoms with E-state index in [0.717, 1.165) is 6.42 Å². The van der Waals surface area contributed by atoms with Crippen LogP contribution in [0, 0.1) is 11.3 Å². The van der Waals surface area contributed by atoms with Crippen molar-refractivity contribution in [2.75, 3.05) is 6.61 Å². The topological polar surface area (TPSA) is 29.5 Å². The van der Waals surface area contributed by atoms with Gasteiger partial charge in [0.25, 0.3) is 0 Å². The molecule has 0 aliphatic heterocycles. The van der Waals surface area contributed by atoms with Gasteiger partial charge in [-0.05, 0) is 24.2 Å². The highest BCUT2D eigenvalue weighted by molar-refractivity contribution is 4.65. The fourth-order valence-electron chi connectivity index (χ4n) is 1.40. The van der Waals surface area contributed by atoms with Gasteiger partial charge >= 0.3 is 0 Å². The van der Waals surface area contributed by atoms with E-state index in [1.54, 1.807) is 0 Å². The summed E-state index contributed by atoms with van der Waals surface area (Å²) in [6.45, 7) is 9.32.